The quantitative estimate of drug-likeness (QED) is 0.185. The summed E-state index contributed by atoms with van der Waals surface area (Å²) in [6.45, 7) is 5.96. The van der Waals surface area contributed by atoms with Gasteiger partial charge in [-0.25, -0.2) is 0 Å². The van der Waals surface area contributed by atoms with E-state index in [9.17, 15) is 0 Å². The molecule has 5 aromatic carbocycles. The lowest BCUT2D eigenvalue weighted by atomic mass is 9.92. The van der Waals surface area contributed by atoms with Gasteiger partial charge in [0.25, 0.3) is 0 Å². The standard InChI is InChI=1S/C33H22Br2O/c1-3-10-20(11-4-2)26-18-28(34)32-30-22(14-8-16-24(26)30)23-15-9-17-25-27(21-12-6-5-7-13-21)19-29(35)33(36-32)31(23)25/h3-19H,1H2,2H3. The van der Waals surface area contributed by atoms with Crippen molar-refractivity contribution >= 4 is 80.9 Å². The van der Waals surface area contributed by atoms with Gasteiger partial charge < -0.3 is 4.42 Å². The fourth-order valence-electron chi connectivity index (χ4n) is 5.21. The normalized spacial score (nSPS) is 12.5. The van der Waals surface area contributed by atoms with E-state index >= 15 is 0 Å². The highest BCUT2D eigenvalue weighted by Gasteiger charge is 2.19. The first-order valence-electron chi connectivity index (χ1n) is 11.8. The van der Waals surface area contributed by atoms with Crippen molar-refractivity contribution in [2.75, 3.05) is 0 Å². The van der Waals surface area contributed by atoms with E-state index in [2.05, 4.69) is 123 Å². The Morgan fingerprint density at radius 3 is 2.03 bits per heavy atom. The van der Waals surface area contributed by atoms with Crippen molar-refractivity contribution in [1.29, 1.82) is 0 Å². The van der Waals surface area contributed by atoms with Gasteiger partial charge in [0.05, 0.1) is 8.95 Å². The van der Waals surface area contributed by atoms with Gasteiger partial charge in [0, 0.05) is 10.8 Å². The van der Waals surface area contributed by atoms with Gasteiger partial charge in [-0.1, -0.05) is 97.6 Å². The van der Waals surface area contributed by atoms with E-state index < -0.39 is 0 Å². The molecule has 6 rings (SSSR count). The molecule has 3 heteroatoms. The van der Waals surface area contributed by atoms with E-state index in [1.165, 1.54) is 16.5 Å². The van der Waals surface area contributed by atoms with E-state index in [1.54, 1.807) is 0 Å². The first kappa shape index (κ1) is 23.0. The van der Waals surface area contributed by atoms with Crippen molar-refractivity contribution in [3.8, 4) is 11.1 Å². The molecule has 0 aliphatic heterocycles. The number of rotatable bonds is 4. The van der Waals surface area contributed by atoms with Crippen LogP contribution in [-0.2, 0) is 0 Å². The Morgan fingerprint density at radius 1 is 0.750 bits per heavy atom. The van der Waals surface area contributed by atoms with E-state index in [4.69, 9.17) is 4.42 Å². The predicted octanol–water partition coefficient (Wildman–Crippen LogP) is 11.2. The van der Waals surface area contributed by atoms with Crippen molar-refractivity contribution in [3.05, 3.63) is 124 Å². The second-order valence-corrected chi connectivity index (χ2v) is 10.5. The first-order chi connectivity index (χ1) is 17.6. The summed E-state index contributed by atoms with van der Waals surface area (Å²) in [5, 5.41) is 6.83. The number of halogens is 2. The smallest absolute Gasteiger partial charge is 0.150 e. The Hall–Kier alpha value is -3.40. The van der Waals surface area contributed by atoms with Crippen LogP contribution in [0, 0.1) is 0 Å². The Bertz CT molecular complexity index is 1870. The number of hydrogen-bond acceptors (Lipinski definition) is 1. The van der Waals surface area contributed by atoms with E-state index in [-0.39, 0.29) is 0 Å². The molecule has 0 spiro atoms. The van der Waals surface area contributed by atoms with E-state index in [1.807, 2.05) is 25.1 Å². The SMILES string of the molecule is C=CC=C(C=CC)c1cc(Br)c2oc3c(Br)cc(-c4ccccc4)c4cccc(c5cccc1c25)c43. The van der Waals surface area contributed by atoms with Gasteiger partial charge in [0.1, 0.15) is 11.2 Å². The van der Waals surface area contributed by atoms with Crippen molar-refractivity contribution in [2.24, 2.45) is 0 Å². The molecule has 36 heavy (non-hydrogen) atoms. The number of fused-ring (bicyclic) bond motifs is 1. The van der Waals surface area contributed by atoms with Gasteiger partial charge in [-0.3, -0.25) is 0 Å². The zero-order chi connectivity index (χ0) is 24.8. The molecule has 0 atom stereocenters. The van der Waals surface area contributed by atoms with Crippen LogP contribution in [0.4, 0.5) is 0 Å². The summed E-state index contributed by atoms with van der Waals surface area (Å²) in [4.78, 5) is 0. The average molecular weight is 594 g/mol. The third-order valence-electron chi connectivity index (χ3n) is 6.67. The molecule has 0 saturated carbocycles. The van der Waals surface area contributed by atoms with Crippen molar-refractivity contribution in [1.82, 2.24) is 0 Å². The van der Waals surface area contributed by atoms with Gasteiger partial charge >= 0.3 is 0 Å². The molecule has 0 amide bonds. The first-order valence-corrected chi connectivity index (χ1v) is 13.4. The van der Waals surface area contributed by atoms with Crippen LogP contribution in [-0.4, -0.2) is 0 Å². The Labute approximate surface area is 226 Å². The highest BCUT2D eigenvalue weighted by Crippen LogP contribution is 2.45. The number of allylic oxidation sites excluding steroid dienone is 5. The van der Waals surface area contributed by atoms with Crippen LogP contribution in [0.25, 0.3) is 60.2 Å². The van der Waals surface area contributed by atoms with Crippen LogP contribution in [0.15, 0.2) is 123 Å². The molecule has 0 bridgehead atoms. The van der Waals surface area contributed by atoms with Crippen LogP contribution in [0.5, 0.6) is 0 Å². The molecule has 1 heterocycles. The van der Waals surface area contributed by atoms with Crippen molar-refractivity contribution in [3.63, 3.8) is 0 Å². The average Bonchev–Trinajstić information content (AvgIpc) is 3.06. The summed E-state index contributed by atoms with van der Waals surface area (Å²) in [5.74, 6) is 0. The minimum atomic E-state index is 0.827. The molecule has 0 aliphatic carbocycles. The molecule has 0 unspecified atom stereocenters. The summed E-state index contributed by atoms with van der Waals surface area (Å²) < 4.78 is 8.65. The Morgan fingerprint density at radius 2 is 1.36 bits per heavy atom. The lowest BCUT2D eigenvalue weighted by Crippen LogP contribution is -1.87. The summed E-state index contributed by atoms with van der Waals surface area (Å²) in [7, 11) is 0. The summed E-state index contributed by atoms with van der Waals surface area (Å²) >= 11 is 7.71. The minimum Gasteiger partial charge on any atom is -0.454 e. The van der Waals surface area contributed by atoms with Crippen LogP contribution >= 0.6 is 31.9 Å². The molecule has 1 aromatic heterocycles. The number of hydrogen-bond donors (Lipinski definition) is 0. The van der Waals surface area contributed by atoms with Crippen LogP contribution in [0.2, 0.25) is 0 Å². The van der Waals surface area contributed by atoms with Gasteiger partial charge in [-0.05, 0) is 94.7 Å². The molecule has 0 N–H and O–H groups in total. The molecule has 0 radical (unpaired) electrons. The second-order valence-electron chi connectivity index (χ2n) is 8.75. The highest BCUT2D eigenvalue weighted by atomic mass is 79.9. The third-order valence-corrected chi connectivity index (χ3v) is 7.85. The van der Waals surface area contributed by atoms with Gasteiger partial charge in [0.15, 0.2) is 0 Å². The summed E-state index contributed by atoms with van der Waals surface area (Å²) in [6, 6.07) is 27.9. The molecule has 6 aromatic rings. The maximum atomic E-state index is 6.80. The second kappa shape index (κ2) is 9.24. The van der Waals surface area contributed by atoms with E-state index in [0.717, 1.165) is 58.2 Å². The number of benzene rings is 5. The largest absolute Gasteiger partial charge is 0.454 e. The molecule has 0 saturated heterocycles. The van der Waals surface area contributed by atoms with Gasteiger partial charge in [-0.15, -0.1) is 0 Å². The predicted molar refractivity (Wildman–Crippen MR) is 163 cm³/mol. The minimum absolute atomic E-state index is 0.827. The monoisotopic (exact) mass is 592 g/mol. The fraction of sp³-hybridized carbons (Fsp3) is 0.0303. The highest BCUT2D eigenvalue weighted by molar-refractivity contribution is 9.11. The maximum absolute atomic E-state index is 6.80. The molecular weight excluding hydrogens is 572 g/mol. The molecule has 0 aliphatic rings. The van der Waals surface area contributed by atoms with Crippen molar-refractivity contribution < 1.29 is 4.42 Å². The van der Waals surface area contributed by atoms with Crippen LogP contribution in [0.1, 0.15) is 12.5 Å². The van der Waals surface area contributed by atoms with Gasteiger partial charge in [-0.2, -0.15) is 0 Å². The maximum Gasteiger partial charge on any atom is 0.150 e. The summed E-state index contributed by atoms with van der Waals surface area (Å²) in [6.07, 6.45) is 8.06. The molecule has 0 fully saturated rings. The zero-order valence-corrected chi connectivity index (χ0v) is 22.9. The lowest BCUT2D eigenvalue weighted by Gasteiger charge is -2.11. The molecular formula is C33H22Br2O. The Balaban J connectivity index is 1.86. The Kier molecular flexibility index (Phi) is 5.91. The van der Waals surface area contributed by atoms with Crippen LogP contribution < -0.4 is 0 Å². The lowest BCUT2D eigenvalue weighted by molar-refractivity contribution is 0.660. The third kappa shape index (κ3) is 3.57. The fourth-order valence-corrected chi connectivity index (χ4v) is 6.23. The van der Waals surface area contributed by atoms with E-state index in [0.29, 0.717) is 0 Å². The summed E-state index contributed by atoms with van der Waals surface area (Å²) in [5.41, 5.74) is 6.25. The van der Waals surface area contributed by atoms with Crippen LogP contribution in [0.3, 0.4) is 0 Å². The van der Waals surface area contributed by atoms with Gasteiger partial charge in [0.2, 0.25) is 0 Å². The molecule has 1 nitrogen and oxygen atoms in total. The van der Waals surface area contributed by atoms with Crippen molar-refractivity contribution in [2.45, 2.75) is 6.92 Å². The zero-order valence-electron chi connectivity index (χ0n) is 19.7. The molecule has 174 valence electrons. The topological polar surface area (TPSA) is 13.1 Å².